The van der Waals surface area contributed by atoms with Gasteiger partial charge >= 0.3 is 0 Å². The molecular formula is C12H25N. The molecule has 0 aromatic carbocycles. The zero-order valence-electron chi connectivity index (χ0n) is 9.47. The van der Waals surface area contributed by atoms with Gasteiger partial charge in [0.1, 0.15) is 0 Å². The van der Waals surface area contributed by atoms with E-state index in [1.54, 1.807) is 0 Å². The van der Waals surface area contributed by atoms with Crippen molar-refractivity contribution < 1.29 is 0 Å². The Bertz CT molecular complexity index is 125. The predicted octanol–water partition coefficient (Wildman–Crippen LogP) is 3.06. The van der Waals surface area contributed by atoms with Gasteiger partial charge in [-0.15, -0.1) is 0 Å². The fourth-order valence-electron chi connectivity index (χ4n) is 2.61. The molecule has 1 fully saturated rings. The van der Waals surface area contributed by atoms with Crippen molar-refractivity contribution in [2.24, 2.45) is 17.8 Å². The molecule has 0 spiro atoms. The third-order valence-electron chi connectivity index (χ3n) is 3.35. The van der Waals surface area contributed by atoms with Gasteiger partial charge in [-0.2, -0.15) is 0 Å². The van der Waals surface area contributed by atoms with E-state index in [0.29, 0.717) is 0 Å². The molecule has 0 aliphatic carbocycles. The molecule has 1 aliphatic rings. The van der Waals surface area contributed by atoms with E-state index in [-0.39, 0.29) is 0 Å². The van der Waals surface area contributed by atoms with Crippen molar-refractivity contribution in [2.75, 3.05) is 13.1 Å². The summed E-state index contributed by atoms with van der Waals surface area (Å²) in [5.74, 6) is 2.87. The molecule has 1 atom stereocenters. The van der Waals surface area contributed by atoms with Gasteiger partial charge in [-0.05, 0) is 50.1 Å². The first-order valence-electron chi connectivity index (χ1n) is 5.94. The van der Waals surface area contributed by atoms with Crippen LogP contribution in [0.1, 0.15) is 46.5 Å². The summed E-state index contributed by atoms with van der Waals surface area (Å²) in [4.78, 5) is 0. The highest BCUT2D eigenvalue weighted by Crippen LogP contribution is 2.29. The van der Waals surface area contributed by atoms with Crippen molar-refractivity contribution in [1.82, 2.24) is 5.32 Å². The second kappa shape index (κ2) is 5.64. The van der Waals surface area contributed by atoms with Crippen LogP contribution in [0.2, 0.25) is 0 Å². The summed E-state index contributed by atoms with van der Waals surface area (Å²) in [6.07, 6.45) is 5.63. The molecule has 78 valence electrons. The molecule has 0 radical (unpaired) electrons. The number of rotatable bonds is 4. The Morgan fingerprint density at radius 3 is 2.31 bits per heavy atom. The maximum absolute atomic E-state index is 3.45. The Balaban J connectivity index is 2.34. The van der Waals surface area contributed by atoms with Crippen LogP contribution in [0, 0.1) is 17.8 Å². The number of nitrogens with one attached hydrogen (secondary N) is 1. The molecule has 1 unspecified atom stereocenters. The van der Waals surface area contributed by atoms with Gasteiger partial charge in [0.15, 0.2) is 0 Å². The van der Waals surface area contributed by atoms with Gasteiger partial charge in [0.2, 0.25) is 0 Å². The topological polar surface area (TPSA) is 12.0 Å². The largest absolute Gasteiger partial charge is 0.317 e. The van der Waals surface area contributed by atoms with E-state index in [1.165, 1.54) is 38.8 Å². The zero-order valence-corrected chi connectivity index (χ0v) is 9.47. The van der Waals surface area contributed by atoms with Crippen molar-refractivity contribution in [3.05, 3.63) is 0 Å². The molecule has 0 amide bonds. The summed E-state index contributed by atoms with van der Waals surface area (Å²) >= 11 is 0. The zero-order chi connectivity index (χ0) is 9.68. The van der Waals surface area contributed by atoms with Crippen LogP contribution >= 0.6 is 0 Å². The highest BCUT2D eigenvalue weighted by Gasteiger charge is 2.22. The van der Waals surface area contributed by atoms with Crippen molar-refractivity contribution in [3.8, 4) is 0 Å². The number of piperidine rings is 1. The first kappa shape index (κ1) is 11.0. The smallest absolute Gasteiger partial charge is 0.00462 e. The lowest BCUT2D eigenvalue weighted by Crippen LogP contribution is -2.31. The van der Waals surface area contributed by atoms with E-state index < -0.39 is 0 Å². The predicted molar refractivity (Wildman–Crippen MR) is 58.8 cm³/mol. The summed E-state index contributed by atoms with van der Waals surface area (Å²) < 4.78 is 0. The minimum absolute atomic E-state index is 0.875. The van der Waals surface area contributed by atoms with Crippen molar-refractivity contribution >= 4 is 0 Å². The fraction of sp³-hybridized carbons (Fsp3) is 1.00. The molecular weight excluding hydrogens is 158 g/mol. The summed E-state index contributed by atoms with van der Waals surface area (Å²) in [7, 11) is 0. The summed E-state index contributed by atoms with van der Waals surface area (Å²) in [5, 5.41) is 3.45. The normalized spacial score (nSPS) is 22.2. The second-order valence-electron chi connectivity index (χ2n) is 4.89. The molecule has 0 saturated carbocycles. The molecule has 13 heavy (non-hydrogen) atoms. The van der Waals surface area contributed by atoms with Crippen LogP contribution < -0.4 is 5.32 Å². The second-order valence-corrected chi connectivity index (χ2v) is 4.89. The molecule has 1 aliphatic heterocycles. The Kier molecular flexibility index (Phi) is 4.79. The maximum atomic E-state index is 3.45. The Hall–Kier alpha value is -0.0400. The van der Waals surface area contributed by atoms with Crippen molar-refractivity contribution in [1.29, 1.82) is 0 Å². The molecule has 0 bridgehead atoms. The number of hydrogen-bond donors (Lipinski definition) is 1. The van der Waals surface area contributed by atoms with Crippen molar-refractivity contribution in [3.63, 3.8) is 0 Å². The van der Waals surface area contributed by atoms with E-state index in [4.69, 9.17) is 0 Å². The maximum Gasteiger partial charge on any atom is -0.00462 e. The van der Waals surface area contributed by atoms with E-state index >= 15 is 0 Å². The van der Waals surface area contributed by atoms with Gasteiger partial charge in [-0.25, -0.2) is 0 Å². The van der Waals surface area contributed by atoms with Gasteiger partial charge in [-0.3, -0.25) is 0 Å². The monoisotopic (exact) mass is 183 g/mol. The summed E-state index contributed by atoms with van der Waals surface area (Å²) in [6.45, 7) is 9.56. The molecule has 1 heterocycles. The molecule has 1 nitrogen and oxygen atoms in total. The van der Waals surface area contributed by atoms with Crippen LogP contribution in [0.15, 0.2) is 0 Å². The summed E-state index contributed by atoms with van der Waals surface area (Å²) in [5.41, 5.74) is 0. The molecule has 0 aromatic heterocycles. The molecule has 1 N–H and O–H groups in total. The lowest BCUT2D eigenvalue weighted by molar-refractivity contribution is 0.221. The van der Waals surface area contributed by atoms with E-state index in [9.17, 15) is 0 Å². The van der Waals surface area contributed by atoms with Gasteiger partial charge in [0, 0.05) is 0 Å². The minimum Gasteiger partial charge on any atom is -0.317 e. The van der Waals surface area contributed by atoms with Gasteiger partial charge in [0.05, 0.1) is 0 Å². The molecule has 1 saturated heterocycles. The average molecular weight is 183 g/mol. The third-order valence-corrected chi connectivity index (χ3v) is 3.35. The SMILES string of the molecule is CCC(CC(C)C)C1CCNCC1. The molecule has 0 aromatic rings. The quantitative estimate of drug-likeness (QED) is 0.706. The van der Waals surface area contributed by atoms with Crippen LogP contribution in [-0.2, 0) is 0 Å². The Morgan fingerprint density at radius 1 is 1.23 bits per heavy atom. The van der Waals surface area contributed by atoms with Gasteiger partial charge in [0.25, 0.3) is 0 Å². The fourth-order valence-corrected chi connectivity index (χ4v) is 2.61. The van der Waals surface area contributed by atoms with Crippen molar-refractivity contribution in [2.45, 2.75) is 46.5 Å². The first-order valence-corrected chi connectivity index (χ1v) is 5.94. The lowest BCUT2D eigenvalue weighted by Gasteiger charge is -2.31. The number of hydrogen-bond acceptors (Lipinski definition) is 1. The van der Waals surface area contributed by atoms with Crippen LogP contribution in [0.4, 0.5) is 0 Å². The minimum atomic E-state index is 0.875. The molecule has 1 heteroatoms. The Morgan fingerprint density at radius 2 is 1.85 bits per heavy atom. The average Bonchev–Trinajstić information content (AvgIpc) is 2.15. The summed E-state index contributed by atoms with van der Waals surface area (Å²) in [6, 6.07) is 0. The van der Waals surface area contributed by atoms with E-state index in [2.05, 4.69) is 26.1 Å². The highest BCUT2D eigenvalue weighted by molar-refractivity contribution is 4.75. The Labute approximate surface area is 83.3 Å². The van der Waals surface area contributed by atoms with Crippen LogP contribution in [0.5, 0.6) is 0 Å². The highest BCUT2D eigenvalue weighted by atomic mass is 14.9. The first-order chi connectivity index (χ1) is 6.24. The molecule has 1 rings (SSSR count). The van der Waals surface area contributed by atoms with Gasteiger partial charge < -0.3 is 5.32 Å². The van der Waals surface area contributed by atoms with Crippen LogP contribution in [0.25, 0.3) is 0 Å². The third kappa shape index (κ3) is 3.68. The van der Waals surface area contributed by atoms with E-state index in [0.717, 1.165) is 17.8 Å². The standard InChI is InChI=1S/C12H25N/c1-4-11(9-10(2)3)12-5-7-13-8-6-12/h10-13H,4-9H2,1-3H3. The lowest BCUT2D eigenvalue weighted by atomic mass is 9.79. The van der Waals surface area contributed by atoms with E-state index in [1.807, 2.05) is 0 Å². The van der Waals surface area contributed by atoms with Gasteiger partial charge in [-0.1, -0.05) is 27.2 Å². The van der Waals surface area contributed by atoms with Crippen LogP contribution in [-0.4, -0.2) is 13.1 Å². The van der Waals surface area contributed by atoms with Crippen LogP contribution in [0.3, 0.4) is 0 Å².